The van der Waals surface area contributed by atoms with Crippen LogP contribution < -0.4 is 10.2 Å². The SMILES string of the molecule is CCN(CC)c1ccc(NCc2ccc(F)c(F)c2)cn1. The van der Waals surface area contributed by atoms with E-state index in [1.165, 1.54) is 6.07 Å². The van der Waals surface area contributed by atoms with Gasteiger partial charge >= 0.3 is 0 Å². The molecule has 0 unspecified atom stereocenters. The molecular weight excluding hydrogens is 272 g/mol. The summed E-state index contributed by atoms with van der Waals surface area (Å²) < 4.78 is 25.9. The first kappa shape index (κ1) is 15.2. The van der Waals surface area contributed by atoms with Crippen molar-refractivity contribution in [3.8, 4) is 0 Å². The van der Waals surface area contributed by atoms with Crippen LogP contribution in [0, 0.1) is 11.6 Å². The minimum Gasteiger partial charge on any atom is -0.380 e. The summed E-state index contributed by atoms with van der Waals surface area (Å²) in [6, 6.07) is 7.76. The molecule has 0 fully saturated rings. The van der Waals surface area contributed by atoms with E-state index in [0.717, 1.165) is 30.7 Å². The van der Waals surface area contributed by atoms with E-state index in [0.29, 0.717) is 12.1 Å². The Morgan fingerprint density at radius 1 is 1.05 bits per heavy atom. The van der Waals surface area contributed by atoms with Crippen molar-refractivity contribution in [3.63, 3.8) is 0 Å². The summed E-state index contributed by atoms with van der Waals surface area (Å²) in [6.45, 7) is 6.40. The number of hydrogen-bond donors (Lipinski definition) is 1. The van der Waals surface area contributed by atoms with Crippen LogP contribution in [0.4, 0.5) is 20.3 Å². The fourth-order valence-electron chi connectivity index (χ4n) is 2.08. The Morgan fingerprint density at radius 3 is 2.38 bits per heavy atom. The molecule has 0 radical (unpaired) electrons. The molecule has 0 aliphatic rings. The number of halogens is 2. The zero-order valence-electron chi connectivity index (χ0n) is 12.2. The second-order valence-electron chi connectivity index (χ2n) is 4.68. The van der Waals surface area contributed by atoms with Crippen molar-refractivity contribution in [2.75, 3.05) is 23.3 Å². The van der Waals surface area contributed by atoms with Gasteiger partial charge < -0.3 is 10.2 Å². The van der Waals surface area contributed by atoms with E-state index in [1.807, 2.05) is 12.1 Å². The molecule has 1 N–H and O–H groups in total. The highest BCUT2D eigenvalue weighted by molar-refractivity contribution is 5.48. The molecule has 0 aliphatic carbocycles. The first-order valence-corrected chi connectivity index (χ1v) is 7.02. The molecule has 3 nitrogen and oxygen atoms in total. The van der Waals surface area contributed by atoms with Crippen LogP contribution in [-0.4, -0.2) is 18.1 Å². The zero-order chi connectivity index (χ0) is 15.2. The quantitative estimate of drug-likeness (QED) is 0.877. The molecule has 0 saturated heterocycles. The maximum absolute atomic E-state index is 13.1. The zero-order valence-corrected chi connectivity index (χ0v) is 12.2. The van der Waals surface area contributed by atoms with E-state index >= 15 is 0 Å². The number of nitrogens with zero attached hydrogens (tertiary/aromatic N) is 2. The van der Waals surface area contributed by atoms with Gasteiger partial charge in [-0.3, -0.25) is 0 Å². The van der Waals surface area contributed by atoms with Crippen LogP contribution in [-0.2, 0) is 6.54 Å². The van der Waals surface area contributed by atoms with Crippen LogP contribution in [0.15, 0.2) is 36.5 Å². The molecule has 1 aromatic carbocycles. The number of aromatic nitrogens is 1. The summed E-state index contributed by atoms with van der Waals surface area (Å²) >= 11 is 0. The summed E-state index contributed by atoms with van der Waals surface area (Å²) in [5.74, 6) is -0.730. The van der Waals surface area contributed by atoms with Crippen LogP contribution in [0.2, 0.25) is 0 Å². The molecular formula is C16H19F2N3. The molecule has 1 aromatic heterocycles. The Bertz CT molecular complexity index is 581. The molecule has 21 heavy (non-hydrogen) atoms. The van der Waals surface area contributed by atoms with Crippen LogP contribution in [0.25, 0.3) is 0 Å². The van der Waals surface area contributed by atoms with E-state index < -0.39 is 11.6 Å². The minimum absolute atomic E-state index is 0.420. The van der Waals surface area contributed by atoms with Crippen molar-refractivity contribution in [2.45, 2.75) is 20.4 Å². The average Bonchev–Trinajstić information content (AvgIpc) is 2.51. The Kier molecular flexibility index (Phi) is 5.09. The lowest BCUT2D eigenvalue weighted by Gasteiger charge is -2.19. The Hall–Kier alpha value is -2.17. The highest BCUT2D eigenvalue weighted by Gasteiger charge is 2.04. The van der Waals surface area contributed by atoms with Gasteiger partial charge in [0.15, 0.2) is 11.6 Å². The molecule has 2 rings (SSSR count). The van der Waals surface area contributed by atoms with Gasteiger partial charge in [-0.1, -0.05) is 6.07 Å². The molecule has 0 bridgehead atoms. The third kappa shape index (κ3) is 3.90. The number of benzene rings is 1. The fraction of sp³-hybridized carbons (Fsp3) is 0.312. The van der Waals surface area contributed by atoms with Crippen molar-refractivity contribution >= 4 is 11.5 Å². The van der Waals surface area contributed by atoms with Crippen molar-refractivity contribution in [2.24, 2.45) is 0 Å². The first-order valence-electron chi connectivity index (χ1n) is 7.02. The van der Waals surface area contributed by atoms with Gasteiger partial charge in [0.25, 0.3) is 0 Å². The molecule has 0 aliphatic heterocycles. The van der Waals surface area contributed by atoms with Gasteiger partial charge in [-0.05, 0) is 43.7 Å². The molecule has 0 spiro atoms. The Morgan fingerprint density at radius 2 is 1.81 bits per heavy atom. The monoisotopic (exact) mass is 291 g/mol. The lowest BCUT2D eigenvalue weighted by Crippen LogP contribution is -2.22. The van der Waals surface area contributed by atoms with Gasteiger partial charge in [-0.25, -0.2) is 13.8 Å². The van der Waals surface area contributed by atoms with Gasteiger partial charge in [0.05, 0.1) is 11.9 Å². The summed E-state index contributed by atoms with van der Waals surface area (Å²) in [5, 5.41) is 3.14. The normalized spacial score (nSPS) is 10.5. The van der Waals surface area contributed by atoms with Crippen LogP contribution >= 0.6 is 0 Å². The predicted molar refractivity (Wildman–Crippen MR) is 81.5 cm³/mol. The van der Waals surface area contributed by atoms with E-state index in [-0.39, 0.29) is 0 Å². The largest absolute Gasteiger partial charge is 0.380 e. The van der Waals surface area contributed by atoms with Crippen molar-refractivity contribution in [1.29, 1.82) is 0 Å². The van der Waals surface area contributed by atoms with Crippen LogP contribution in [0.3, 0.4) is 0 Å². The average molecular weight is 291 g/mol. The van der Waals surface area contributed by atoms with Crippen LogP contribution in [0.1, 0.15) is 19.4 Å². The van der Waals surface area contributed by atoms with Gasteiger partial charge in [0, 0.05) is 19.6 Å². The van der Waals surface area contributed by atoms with Gasteiger partial charge in [0.1, 0.15) is 5.82 Å². The molecule has 0 amide bonds. The molecule has 5 heteroatoms. The second-order valence-corrected chi connectivity index (χ2v) is 4.68. The third-order valence-corrected chi connectivity index (χ3v) is 3.32. The second kappa shape index (κ2) is 7.02. The van der Waals surface area contributed by atoms with Gasteiger partial charge in [-0.15, -0.1) is 0 Å². The Balaban J connectivity index is 1.98. The Labute approximate surface area is 123 Å². The fourth-order valence-corrected chi connectivity index (χ4v) is 2.08. The van der Waals surface area contributed by atoms with E-state index in [1.54, 1.807) is 12.3 Å². The van der Waals surface area contributed by atoms with E-state index in [9.17, 15) is 8.78 Å². The standard InChI is InChI=1S/C16H19F2N3/c1-3-21(4-2)16-8-6-13(11-20-16)19-10-12-5-7-14(17)15(18)9-12/h5-9,11,19H,3-4,10H2,1-2H3. The molecule has 2 aromatic rings. The minimum atomic E-state index is -0.830. The predicted octanol–water partition coefficient (Wildman–Crippen LogP) is 3.82. The van der Waals surface area contributed by atoms with Crippen molar-refractivity contribution in [1.82, 2.24) is 4.98 Å². The van der Waals surface area contributed by atoms with Gasteiger partial charge in [-0.2, -0.15) is 0 Å². The van der Waals surface area contributed by atoms with E-state index in [2.05, 4.69) is 29.0 Å². The van der Waals surface area contributed by atoms with Crippen molar-refractivity contribution < 1.29 is 8.78 Å². The van der Waals surface area contributed by atoms with Gasteiger partial charge in [0.2, 0.25) is 0 Å². The summed E-state index contributed by atoms with van der Waals surface area (Å²) in [5.41, 5.74) is 1.53. The molecule has 0 atom stereocenters. The lowest BCUT2D eigenvalue weighted by atomic mass is 10.2. The first-order chi connectivity index (χ1) is 10.1. The maximum Gasteiger partial charge on any atom is 0.159 e. The third-order valence-electron chi connectivity index (χ3n) is 3.32. The maximum atomic E-state index is 13.1. The summed E-state index contributed by atoms with van der Waals surface area (Å²) in [6.07, 6.45) is 1.74. The smallest absolute Gasteiger partial charge is 0.159 e. The van der Waals surface area contributed by atoms with Crippen molar-refractivity contribution in [3.05, 3.63) is 53.7 Å². The highest BCUT2D eigenvalue weighted by atomic mass is 19.2. The summed E-state index contributed by atoms with van der Waals surface area (Å²) in [7, 11) is 0. The van der Waals surface area contributed by atoms with Crippen LogP contribution in [0.5, 0.6) is 0 Å². The number of rotatable bonds is 6. The number of hydrogen-bond acceptors (Lipinski definition) is 3. The molecule has 0 saturated carbocycles. The number of pyridine rings is 1. The lowest BCUT2D eigenvalue weighted by molar-refractivity contribution is 0.507. The number of nitrogens with one attached hydrogen (secondary N) is 1. The molecule has 1 heterocycles. The highest BCUT2D eigenvalue weighted by Crippen LogP contribution is 2.15. The number of anilines is 2. The summed E-state index contributed by atoms with van der Waals surface area (Å²) in [4.78, 5) is 6.55. The van der Waals surface area contributed by atoms with E-state index in [4.69, 9.17) is 0 Å². The topological polar surface area (TPSA) is 28.2 Å². The molecule has 112 valence electrons.